The lowest BCUT2D eigenvalue weighted by Gasteiger charge is -2.33. The average Bonchev–Trinajstić information content (AvgIpc) is 2.13. The first-order valence-corrected chi connectivity index (χ1v) is 5.87. The Kier molecular flexibility index (Phi) is 6.38. The molecule has 0 saturated carbocycles. The van der Waals surface area contributed by atoms with Gasteiger partial charge in [0.25, 0.3) is 0 Å². The van der Waals surface area contributed by atoms with Gasteiger partial charge in [-0.1, -0.05) is 26.7 Å². The first-order chi connectivity index (χ1) is 6.47. The van der Waals surface area contributed by atoms with E-state index in [0.29, 0.717) is 0 Å². The van der Waals surface area contributed by atoms with Gasteiger partial charge >= 0.3 is 0 Å². The molecule has 0 aliphatic rings. The van der Waals surface area contributed by atoms with E-state index in [2.05, 4.69) is 27.7 Å². The molecule has 0 aromatic carbocycles. The van der Waals surface area contributed by atoms with Crippen LogP contribution in [-0.4, -0.2) is 18.2 Å². The second-order valence-corrected chi connectivity index (χ2v) is 4.56. The van der Waals surface area contributed by atoms with Crippen molar-refractivity contribution < 1.29 is 4.74 Å². The summed E-state index contributed by atoms with van der Waals surface area (Å²) < 4.78 is 5.66. The molecule has 0 aliphatic carbocycles. The summed E-state index contributed by atoms with van der Waals surface area (Å²) in [4.78, 5) is 0. The molecule has 0 aliphatic heterocycles. The molecule has 0 aromatic heterocycles. The van der Waals surface area contributed by atoms with E-state index >= 15 is 0 Å². The minimum Gasteiger partial charge on any atom is -0.374 e. The first kappa shape index (κ1) is 13.9. The van der Waals surface area contributed by atoms with E-state index in [4.69, 9.17) is 10.5 Å². The molecule has 0 fully saturated rings. The molecule has 0 aromatic rings. The van der Waals surface area contributed by atoms with E-state index in [1.807, 2.05) is 6.92 Å². The fraction of sp³-hybridized carbons (Fsp3) is 1.00. The molecule has 0 rings (SSSR count). The average molecular weight is 201 g/mol. The van der Waals surface area contributed by atoms with Crippen LogP contribution in [0.2, 0.25) is 0 Å². The Balaban J connectivity index is 4.09. The van der Waals surface area contributed by atoms with Gasteiger partial charge in [-0.15, -0.1) is 0 Å². The third kappa shape index (κ3) is 4.43. The van der Waals surface area contributed by atoms with Gasteiger partial charge in [0, 0.05) is 12.6 Å². The van der Waals surface area contributed by atoms with E-state index in [9.17, 15) is 0 Å². The van der Waals surface area contributed by atoms with Crippen LogP contribution in [0.1, 0.15) is 53.9 Å². The Hall–Kier alpha value is -0.0800. The van der Waals surface area contributed by atoms with Gasteiger partial charge in [-0.3, -0.25) is 0 Å². The standard InChI is InChI=1S/C12H27NO/c1-6-10(7-2)9-11(13)12(4,5)14-8-3/h10-11H,6-9,13H2,1-5H3. The van der Waals surface area contributed by atoms with E-state index in [-0.39, 0.29) is 11.6 Å². The molecule has 0 heterocycles. The van der Waals surface area contributed by atoms with Gasteiger partial charge in [0.1, 0.15) is 0 Å². The summed E-state index contributed by atoms with van der Waals surface area (Å²) in [6.45, 7) is 11.4. The zero-order valence-corrected chi connectivity index (χ0v) is 10.5. The number of hydrogen-bond donors (Lipinski definition) is 1. The van der Waals surface area contributed by atoms with Crippen molar-refractivity contribution in [2.75, 3.05) is 6.61 Å². The van der Waals surface area contributed by atoms with Crippen molar-refractivity contribution in [2.45, 2.75) is 65.5 Å². The Morgan fingerprint density at radius 3 is 2.00 bits per heavy atom. The zero-order chi connectivity index (χ0) is 11.2. The molecule has 0 radical (unpaired) electrons. The van der Waals surface area contributed by atoms with Crippen molar-refractivity contribution >= 4 is 0 Å². The molecule has 0 amide bonds. The highest BCUT2D eigenvalue weighted by atomic mass is 16.5. The maximum atomic E-state index is 6.16. The first-order valence-electron chi connectivity index (χ1n) is 5.87. The molecular weight excluding hydrogens is 174 g/mol. The Morgan fingerprint density at radius 1 is 1.14 bits per heavy atom. The molecule has 1 unspecified atom stereocenters. The predicted molar refractivity (Wildman–Crippen MR) is 62.4 cm³/mol. The zero-order valence-electron chi connectivity index (χ0n) is 10.5. The predicted octanol–water partition coefficient (Wildman–Crippen LogP) is 2.96. The highest BCUT2D eigenvalue weighted by Crippen LogP contribution is 2.22. The summed E-state index contributed by atoms with van der Waals surface area (Å²) in [5.74, 6) is 0.740. The molecule has 2 N–H and O–H groups in total. The van der Waals surface area contributed by atoms with Gasteiger partial charge in [-0.25, -0.2) is 0 Å². The highest BCUT2D eigenvalue weighted by molar-refractivity contribution is 4.84. The molecule has 0 saturated heterocycles. The van der Waals surface area contributed by atoms with Crippen LogP contribution in [0, 0.1) is 5.92 Å². The lowest BCUT2D eigenvalue weighted by Crippen LogP contribution is -2.46. The normalized spacial score (nSPS) is 14.8. The van der Waals surface area contributed by atoms with Crippen molar-refractivity contribution in [1.29, 1.82) is 0 Å². The quantitative estimate of drug-likeness (QED) is 0.687. The summed E-state index contributed by atoms with van der Waals surface area (Å²) in [5, 5.41) is 0. The Labute approximate surface area is 89.2 Å². The van der Waals surface area contributed by atoms with E-state index in [1.165, 1.54) is 12.8 Å². The fourth-order valence-corrected chi connectivity index (χ4v) is 1.74. The van der Waals surface area contributed by atoms with E-state index < -0.39 is 0 Å². The Morgan fingerprint density at radius 2 is 1.64 bits per heavy atom. The van der Waals surface area contributed by atoms with Crippen LogP contribution in [-0.2, 0) is 4.74 Å². The maximum Gasteiger partial charge on any atom is 0.0776 e. The number of nitrogens with two attached hydrogens (primary N) is 1. The topological polar surface area (TPSA) is 35.2 Å². The van der Waals surface area contributed by atoms with Gasteiger partial charge in [0.15, 0.2) is 0 Å². The molecule has 0 spiro atoms. The molecule has 86 valence electrons. The van der Waals surface area contributed by atoms with Gasteiger partial charge in [0.05, 0.1) is 5.60 Å². The lowest BCUT2D eigenvalue weighted by atomic mass is 9.87. The largest absolute Gasteiger partial charge is 0.374 e. The highest BCUT2D eigenvalue weighted by Gasteiger charge is 2.28. The van der Waals surface area contributed by atoms with Gasteiger partial charge in [-0.05, 0) is 33.1 Å². The minimum absolute atomic E-state index is 0.146. The summed E-state index contributed by atoms with van der Waals surface area (Å²) in [5.41, 5.74) is 5.98. The molecule has 0 bridgehead atoms. The van der Waals surface area contributed by atoms with Crippen LogP contribution in [0.4, 0.5) is 0 Å². The second-order valence-electron chi connectivity index (χ2n) is 4.56. The summed E-state index contributed by atoms with van der Waals surface area (Å²) >= 11 is 0. The Bertz CT molecular complexity index is 141. The van der Waals surface area contributed by atoms with Crippen molar-refractivity contribution in [2.24, 2.45) is 11.7 Å². The number of hydrogen-bond acceptors (Lipinski definition) is 2. The lowest BCUT2D eigenvalue weighted by molar-refractivity contribution is -0.0341. The molecule has 2 nitrogen and oxygen atoms in total. The van der Waals surface area contributed by atoms with Gasteiger partial charge in [-0.2, -0.15) is 0 Å². The van der Waals surface area contributed by atoms with Crippen LogP contribution >= 0.6 is 0 Å². The monoisotopic (exact) mass is 201 g/mol. The molecule has 2 heteroatoms. The summed E-state index contributed by atoms with van der Waals surface area (Å²) in [6, 6.07) is 0.146. The minimum atomic E-state index is -0.183. The summed E-state index contributed by atoms with van der Waals surface area (Å²) in [7, 11) is 0. The van der Waals surface area contributed by atoms with Crippen molar-refractivity contribution in [3.05, 3.63) is 0 Å². The molecule has 14 heavy (non-hydrogen) atoms. The van der Waals surface area contributed by atoms with Crippen LogP contribution in [0.3, 0.4) is 0 Å². The number of ether oxygens (including phenoxy) is 1. The third-order valence-corrected chi connectivity index (χ3v) is 3.15. The van der Waals surface area contributed by atoms with Crippen molar-refractivity contribution in [1.82, 2.24) is 0 Å². The van der Waals surface area contributed by atoms with Crippen molar-refractivity contribution in [3.8, 4) is 0 Å². The third-order valence-electron chi connectivity index (χ3n) is 3.15. The van der Waals surface area contributed by atoms with Crippen molar-refractivity contribution in [3.63, 3.8) is 0 Å². The number of rotatable bonds is 7. The SMILES string of the molecule is CCOC(C)(C)C(N)CC(CC)CC. The van der Waals surface area contributed by atoms with Crippen LogP contribution in [0.15, 0.2) is 0 Å². The second kappa shape index (κ2) is 6.41. The van der Waals surface area contributed by atoms with E-state index in [0.717, 1.165) is 18.9 Å². The van der Waals surface area contributed by atoms with Crippen LogP contribution in [0.5, 0.6) is 0 Å². The van der Waals surface area contributed by atoms with Gasteiger partial charge in [0.2, 0.25) is 0 Å². The van der Waals surface area contributed by atoms with Gasteiger partial charge < -0.3 is 10.5 Å². The summed E-state index contributed by atoms with van der Waals surface area (Å²) in [6.07, 6.45) is 3.50. The molecule has 1 atom stereocenters. The smallest absolute Gasteiger partial charge is 0.0776 e. The fourth-order valence-electron chi connectivity index (χ4n) is 1.74. The van der Waals surface area contributed by atoms with E-state index in [1.54, 1.807) is 0 Å². The maximum absolute atomic E-state index is 6.16. The molecular formula is C12H27NO. The van der Waals surface area contributed by atoms with Crippen LogP contribution in [0.25, 0.3) is 0 Å². The van der Waals surface area contributed by atoms with Crippen LogP contribution < -0.4 is 5.73 Å².